The van der Waals surface area contributed by atoms with E-state index in [9.17, 15) is 14.3 Å². The van der Waals surface area contributed by atoms with Crippen molar-refractivity contribution in [1.29, 1.82) is 0 Å². The van der Waals surface area contributed by atoms with Gasteiger partial charge in [0, 0.05) is 29.3 Å². The summed E-state index contributed by atoms with van der Waals surface area (Å²) in [6.07, 6.45) is 2.68. The molecule has 1 aliphatic carbocycles. The van der Waals surface area contributed by atoms with Crippen LogP contribution in [0.4, 0.5) is 8.78 Å². The molecule has 0 radical (unpaired) electrons. The fraction of sp³-hybridized carbons (Fsp3) is 0.400. The van der Waals surface area contributed by atoms with Crippen molar-refractivity contribution in [1.82, 2.24) is 10.3 Å². The maximum absolute atomic E-state index is 15.1. The lowest BCUT2D eigenvalue weighted by molar-refractivity contribution is -0.109. The van der Waals surface area contributed by atoms with Crippen molar-refractivity contribution in [2.24, 2.45) is 5.92 Å². The highest BCUT2D eigenvalue weighted by molar-refractivity contribution is 5.62. The molecule has 1 aliphatic rings. The first kappa shape index (κ1) is 18.5. The molecule has 0 bridgehead atoms. The Bertz CT molecular complexity index is 797. The average molecular weight is 360 g/mol. The van der Waals surface area contributed by atoms with E-state index in [0.717, 1.165) is 12.8 Å². The number of aromatic nitrogens is 1. The molecule has 138 valence electrons. The summed E-state index contributed by atoms with van der Waals surface area (Å²) < 4.78 is 28.3. The number of benzene rings is 1. The first-order valence-corrected chi connectivity index (χ1v) is 8.67. The highest BCUT2D eigenvalue weighted by atomic mass is 19.1. The lowest BCUT2D eigenvalue weighted by Crippen LogP contribution is -2.24. The third-order valence-electron chi connectivity index (χ3n) is 4.75. The van der Waals surface area contributed by atoms with Crippen LogP contribution >= 0.6 is 0 Å². The van der Waals surface area contributed by atoms with Gasteiger partial charge in [-0.1, -0.05) is 0 Å². The Balaban J connectivity index is 2.13. The predicted molar refractivity (Wildman–Crippen MR) is 94.4 cm³/mol. The van der Waals surface area contributed by atoms with Crippen LogP contribution in [0, 0.1) is 17.6 Å². The van der Waals surface area contributed by atoms with Gasteiger partial charge in [-0.2, -0.15) is 0 Å². The van der Waals surface area contributed by atoms with Gasteiger partial charge in [-0.15, -0.1) is 0 Å². The number of hydrogen-bond donors (Lipinski definition) is 2. The summed E-state index contributed by atoms with van der Waals surface area (Å²) >= 11 is 0. The molecule has 3 rings (SSSR count). The van der Waals surface area contributed by atoms with E-state index in [2.05, 4.69) is 10.3 Å². The van der Waals surface area contributed by atoms with Crippen LogP contribution < -0.4 is 5.32 Å². The normalized spacial score (nSPS) is 15.6. The zero-order valence-corrected chi connectivity index (χ0v) is 14.8. The van der Waals surface area contributed by atoms with E-state index < -0.39 is 17.2 Å². The zero-order chi connectivity index (χ0) is 18.9. The van der Waals surface area contributed by atoms with Gasteiger partial charge in [-0.3, -0.25) is 4.79 Å². The molecule has 1 amide bonds. The lowest BCUT2D eigenvalue weighted by atomic mass is 9.91. The standard InChI is InChI=1S/C20H22F2N2O2/c1-20(2,26)16-9-17(15(10-23-11-25)12-3-4-12)24-19(18(16)22)13-5-7-14(21)8-6-13/h5-9,11-12,15,26H,3-4,10H2,1-2H3,(H,23,25). The van der Waals surface area contributed by atoms with E-state index >= 15 is 4.39 Å². The molecule has 1 saturated carbocycles. The minimum Gasteiger partial charge on any atom is -0.386 e. The van der Waals surface area contributed by atoms with E-state index in [-0.39, 0.29) is 17.2 Å². The van der Waals surface area contributed by atoms with Crippen molar-refractivity contribution < 1.29 is 18.7 Å². The van der Waals surface area contributed by atoms with Crippen molar-refractivity contribution in [2.75, 3.05) is 6.54 Å². The molecule has 1 aromatic heterocycles. The molecule has 1 fully saturated rings. The number of aliphatic hydroxyl groups is 1. The van der Waals surface area contributed by atoms with Crippen molar-refractivity contribution in [3.63, 3.8) is 0 Å². The summed E-state index contributed by atoms with van der Waals surface area (Å²) in [5.41, 5.74) is -0.119. The fourth-order valence-corrected chi connectivity index (χ4v) is 3.17. The maximum atomic E-state index is 15.1. The van der Waals surface area contributed by atoms with Gasteiger partial charge in [0.15, 0.2) is 5.82 Å². The first-order chi connectivity index (χ1) is 12.3. The predicted octanol–water partition coefficient (Wildman–Crippen LogP) is 3.49. The number of halogens is 2. The summed E-state index contributed by atoms with van der Waals surface area (Å²) in [5.74, 6) is -0.720. The highest BCUT2D eigenvalue weighted by Gasteiger charge is 2.35. The number of amides is 1. The van der Waals surface area contributed by atoms with Crippen LogP contribution in [0.5, 0.6) is 0 Å². The Hall–Kier alpha value is -2.34. The van der Waals surface area contributed by atoms with Gasteiger partial charge in [0.25, 0.3) is 0 Å². The minimum absolute atomic E-state index is 0.0545. The maximum Gasteiger partial charge on any atom is 0.207 e. The third-order valence-corrected chi connectivity index (χ3v) is 4.75. The number of rotatable bonds is 7. The van der Waals surface area contributed by atoms with E-state index in [0.29, 0.717) is 30.1 Å². The quantitative estimate of drug-likeness (QED) is 0.743. The van der Waals surface area contributed by atoms with Crippen molar-refractivity contribution in [2.45, 2.75) is 38.2 Å². The van der Waals surface area contributed by atoms with Gasteiger partial charge in [-0.05, 0) is 62.9 Å². The molecule has 1 unspecified atom stereocenters. The summed E-state index contributed by atoms with van der Waals surface area (Å²) in [6, 6.07) is 7.01. The van der Waals surface area contributed by atoms with Crippen molar-refractivity contribution in [3.8, 4) is 11.3 Å². The minimum atomic E-state index is -1.40. The molecule has 1 atom stereocenters. The first-order valence-electron chi connectivity index (χ1n) is 8.67. The SMILES string of the molecule is CC(C)(O)c1cc(C(CNC=O)C2CC2)nc(-c2ccc(F)cc2)c1F. The molecule has 0 spiro atoms. The second-order valence-electron chi connectivity index (χ2n) is 7.29. The van der Waals surface area contributed by atoms with Gasteiger partial charge in [0.05, 0.1) is 5.60 Å². The summed E-state index contributed by atoms with van der Waals surface area (Å²) in [5, 5.41) is 13.1. The number of pyridine rings is 1. The Morgan fingerprint density at radius 1 is 1.31 bits per heavy atom. The monoisotopic (exact) mass is 360 g/mol. The van der Waals surface area contributed by atoms with Crippen molar-refractivity contribution in [3.05, 3.63) is 53.2 Å². The smallest absolute Gasteiger partial charge is 0.207 e. The Morgan fingerprint density at radius 3 is 2.50 bits per heavy atom. The van der Waals surface area contributed by atoms with E-state index in [4.69, 9.17) is 0 Å². The summed E-state index contributed by atoms with van der Waals surface area (Å²) in [6.45, 7) is 3.43. The second kappa shape index (κ2) is 7.11. The molecular formula is C20H22F2N2O2. The van der Waals surface area contributed by atoms with Gasteiger partial charge in [-0.25, -0.2) is 13.8 Å². The van der Waals surface area contributed by atoms with Crippen LogP contribution in [0.3, 0.4) is 0 Å². The number of nitrogens with zero attached hydrogens (tertiary/aromatic N) is 1. The number of nitrogens with one attached hydrogen (secondary N) is 1. The molecule has 2 N–H and O–H groups in total. The van der Waals surface area contributed by atoms with Gasteiger partial charge in [0.1, 0.15) is 11.5 Å². The van der Waals surface area contributed by atoms with Crippen molar-refractivity contribution >= 4 is 6.41 Å². The second-order valence-corrected chi connectivity index (χ2v) is 7.29. The Morgan fingerprint density at radius 2 is 1.96 bits per heavy atom. The van der Waals surface area contributed by atoms with Crippen LogP contribution in [0.25, 0.3) is 11.3 Å². The molecule has 4 nitrogen and oxygen atoms in total. The van der Waals surface area contributed by atoms with E-state index in [1.54, 1.807) is 6.07 Å². The molecule has 1 heterocycles. The zero-order valence-electron chi connectivity index (χ0n) is 14.8. The van der Waals surface area contributed by atoms with E-state index in [1.807, 2.05) is 0 Å². The Kier molecular flexibility index (Phi) is 5.05. The lowest BCUT2D eigenvalue weighted by Gasteiger charge is -2.24. The van der Waals surface area contributed by atoms with Crippen LogP contribution in [0.15, 0.2) is 30.3 Å². The van der Waals surface area contributed by atoms with Gasteiger partial charge in [0.2, 0.25) is 6.41 Å². The van der Waals surface area contributed by atoms with Gasteiger partial charge < -0.3 is 10.4 Å². The Labute approximate surface area is 151 Å². The molecule has 6 heteroatoms. The van der Waals surface area contributed by atoms with Crippen LogP contribution in [-0.2, 0) is 10.4 Å². The fourth-order valence-electron chi connectivity index (χ4n) is 3.17. The largest absolute Gasteiger partial charge is 0.386 e. The summed E-state index contributed by atoms with van der Waals surface area (Å²) in [7, 11) is 0. The average Bonchev–Trinajstić information content (AvgIpc) is 3.41. The van der Waals surface area contributed by atoms with Crippen LogP contribution in [-0.4, -0.2) is 23.0 Å². The van der Waals surface area contributed by atoms with Gasteiger partial charge >= 0.3 is 0 Å². The topological polar surface area (TPSA) is 62.2 Å². The third kappa shape index (κ3) is 3.90. The number of carbonyl (C=O) groups is 1. The van der Waals surface area contributed by atoms with Crippen LogP contribution in [0.1, 0.15) is 43.9 Å². The molecule has 0 saturated heterocycles. The van der Waals surface area contributed by atoms with Crippen LogP contribution in [0.2, 0.25) is 0 Å². The summed E-state index contributed by atoms with van der Waals surface area (Å²) in [4.78, 5) is 15.2. The van der Waals surface area contributed by atoms with E-state index in [1.165, 1.54) is 38.1 Å². The molecule has 0 aliphatic heterocycles. The molecule has 26 heavy (non-hydrogen) atoms. The highest BCUT2D eigenvalue weighted by Crippen LogP contribution is 2.43. The number of carbonyl (C=O) groups excluding carboxylic acids is 1. The molecule has 1 aromatic carbocycles. The number of hydrogen-bond acceptors (Lipinski definition) is 3. The molecule has 2 aromatic rings. The molecular weight excluding hydrogens is 338 g/mol.